The number of rotatable bonds is 66. The molecule has 0 saturated carbocycles. The second kappa shape index (κ2) is 69.6. The summed E-state index contributed by atoms with van der Waals surface area (Å²) in [6.45, 7) is 6.62. The number of carbonyl (C=O) groups is 3. The van der Waals surface area contributed by atoms with Gasteiger partial charge in [0.2, 0.25) is 0 Å². The van der Waals surface area contributed by atoms with E-state index in [0.717, 1.165) is 96.3 Å². The summed E-state index contributed by atoms with van der Waals surface area (Å²) in [6, 6.07) is 0. The van der Waals surface area contributed by atoms with Gasteiger partial charge in [-0.05, 0) is 109 Å². The highest BCUT2D eigenvalue weighted by Crippen LogP contribution is 2.18. The Balaban J connectivity index is 4.07. The average molecular weight is 1130 g/mol. The topological polar surface area (TPSA) is 78.9 Å². The van der Waals surface area contributed by atoms with Crippen molar-refractivity contribution in [2.75, 3.05) is 13.2 Å². The van der Waals surface area contributed by atoms with Crippen LogP contribution in [0.15, 0.2) is 60.8 Å². The van der Waals surface area contributed by atoms with Crippen molar-refractivity contribution in [3.63, 3.8) is 0 Å². The smallest absolute Gasteiger partial charge is 0.306 e. The first-order chi connectivity index (χ1) is 40.0. The SMILES string of the molecule is CCCCC/C=C\CCCCCCCC(=O)OCC(COC(=O)CCCCCCCCCCCCCCCCCCCCCCCCC/C=C\C/C=C\CCCCCCC)OC(=O)CCCCCCC/C=C\C/C=C\CCCCCC. The summed E-state index contributed by atoms with van der Waals surface area (Å²) in [5, 5.41) is 0. The van der Waals surface area contributed by atoms with Crippen molar-refractivity contribution < 1.29 is 28.6 Å². The van der Waals surface area contributed by atoms with E-state index in [0.29, 0.717) is 19.3 Å². The molecule has 0 aromatic carbocycles. The first-order valence-electron chi connectivity index (χ1n) is 35.8. The number of esters is 3. The Bertz CT molecular complexity index is 1440. The fraction of sp³-hybridized carbons (Fsp3) is 0.827. The molecule has 0 spiro atoms. The molecular weight excluding hydrogens is 997 g/mol. The summed E-state index contributed by atoms with van der Waals surface area (Å²) in [5.74, 6) is -0.882. The van der Waals surface area contributed by atoms with Crippen LogP contribution in [0, 0.1) is 0 Å². The van der Waals surface area contributed by atoms with Crippen molar-refractivity contribution in [3.8, 4) is 0 Å². The quantitative estimate of drug-likeness (QED) is 0.0261. The Morgan fingerprint density at radius 2 is 0.444 bits per heavy atom. The van der Waals surface area contributed by atoms with Gasteiger partial charge in [-0.2, -0.15) is 0 Å². The largest absolute Gasteiger partial charge is 0.462 e. The molecule has 6 nitrogen and oxygen atoms in total. The van der Waals surface area contributed by atoms with Gasteiger partial charge < -0.3 is 14.2 Å². The molecule has 0 aromatic heterocycles. The van der Waals surface area contributed by atoms with Crippen molar-refractivity contribution in [2.24, 2.45) is 0 Å². The minimum Gasteiger partial charge on any atom is -0.462 e. The van der Waals surface area contributed by atoms with Crippen LogP contribution in [0.5, 0.6) is 0 Å². The van der Waals surface area contributed by atoms with Crippen molar-refractivity contribution >= 4 is 17.9 Å². The third kappa shape index (κ3) is 67.8. The van der Waals surface area contributed by atoms with E-state index >= 15 is 0 Å². The van der Waals surface area contributed by atoms with Gasteiger partial charge in [0.05, 0.1) is 0 Å². The van der Waals surface area contributed by atoms with Crippen molar-refractivity contribution in [3.05, 3.63) is 60.8 Å². The van der Waals surface area contributed by atoms with Crippen LogP contribution in [0.1, 0.15) is 380 Å². The van der Waals surface area contributed by atoms with Crippen LogP contribution in [-0.2, 0) is 28.6 Å². The summed E-state index contributed by atoms with van der Waals surface area (Å²) in [7, 11) is 0. The number of hydrogen-bond acceptors (Lipinski definition) is 6. The summed E-state index contributed by atoms with van der Waals surface area (Å²) < 4.78 is 16.9. The number of allylic oxidation sites excluding steroid dienone is 10. The molecule has 0 aliphatic heterocycles. The van der Waals surface area contributed by atoms with Crippen LogP contribution in [0.2, 0.25) is 0 Å². The molecular formula is C75H136O6. The van der Waals surface area contributed by atoms with Gasteiger partial charge >= 0.3 is 17.9 Å². The van der Waals surface area contributed by atoms with Gasteiger partial charge in [-0.15, -0.1) is 0 Å². The minimum atomic E-state index is -0.783. The van der Waals surface area contributed by atoms with Crippen LogP contribution in [-0.4, -0.2) is 37.2 Å². The Labute approximate surface area is 504 Å². The van der Waals surface area contributed by atoms with Gasteiger partial charge in [-0.25, -0.2) is 0 Å². The van der Waals surface area contributed by atoms with Gasteiger partial charge in [0.15, 0.2) is 6.10 Å². The van der Waals surface area contributed by atoms with Crippen molar-refractivity contribution in [1.82, 2.24) is 0 Å². The van der Waals surface area contributed by atoms with E-state index in [-0.39, 0.29) is 31.1 Å². The lowest BCUT2D eigenvalue weighted by molar-refractivity contribution is -0.167. The molecule has 0 N–H and O–H groups in total. The Morgan fingerprint density at radius 3 is 0.728 bits per heavy atom. The van der Waals surface area contributed by atoms with Crippen molar-refractivity contribution in [2.45, 2.75) is 386 Å². The molecule has 0 fully saturated rings. The molecule has 0 saturated heterocycles. The lowest BCUT2D eigenvalue weighted by Crippen LogP contribution is -2.30. The zero-order valence-electron chi connectivity index (χ0n) is 54.3. The van der Waals surface area contributed by atoms with Crippen LogP contribution in [0.25, 0.3) is 0 Å². The van der Waals surface area contributed by atoms with Gasteiger partial charge in [-0.3, -0.25) is 14.4 Å². The first kappa shape index (κ1) is 78.1. The molecule has 0 aliphatic carbocycles. The normalized spacial score (nSPS) is 12.4. The maximum Gasteiger partial charge on any atom is 0.306 e. The zero-order valence-corrected chi connectivity index (χ0v) is 54.3. The van der Waals surface area contributed by atoms with Gasteiger partial charge in [0.25, 0.3) is 0 Å². The number of ether oxygens (including phenoxy) is 3. The molecule has 0 aromatic rings. The summed E-state index contributed by atoms with van der Waals surface area (Å²) >= 11 is 0. The molecule has 1 atom stereocenters. The maximum absolute atomic E-state index is 12.9. The summed E-state index contributed by atoms with van der Waals surface area (Å²) in [4.78, 5) is 38.3. The lowest BCUT2D eigenvalue weighted by atomic mass is 10.0. The highest BCUT2D eigenvalue weighted by Gasteiger charge is 2.19. The molecule has 6 heteroatoms. The van der Waals surface area contributed by atoms with E-state index in [1.165, 1.54) is 244 Å². The minimum absolute atomic E-state index is 0.0786. The summed E-state index contributed by atoms with van der Waals surface area (Å²) in [5.41, 5.74) is 0. The van der Waals surface area contributed by atoms with E-state index in [1.807, 2.05) is 0 Å². The van der Waals surface area contributed by atoms with Crippen LogP contribution in [0.3, 0.4) is 0 Å². The van der Waals surface area contributed by atoms with E-state index in [2.05, 4.69) is 81.5 Å². The fourth-order valence-corrected chi connectivity index (χ4v) is 10.6. The zero-order chi connectivity index (χ0) is 58.5. The first-order valence-corrected chi connectivity index (χ1v) is 35.8. The monoisotopic (exact) mass is 1130 g/mol. The molecule has 0 amide bonds. The number of unbranched alkanes of at least 4 members (excludes halogenated alkanes) is 45. The predicted molar refractivity (Wildman–Crippen MR) is 353 cm³/mol. The maximum atomic E-state index is 12.9. The van der Waals surface area contributed by atoms with Crippen LogP contribution >= 0.6 is 0 Å². The molecule has 81 heavy (non-hydrogen) atoms. The third-order valence-corrected chi connectivity index (χ3v) is 16.0. The highest BCUT2D eigenvalue weighted by atomic mass is 16.6. The molecule has 0 rings (SSSR count). The second-order valence-electron chi connectivity index (χ2n) is 24.1. The van der Waals surface area contributed by atoms with Crippen LogP contribution < -0.4 is 0 Å². The molecule has 1 unspecified atom stereocenters. The van der Waals surface area contributed by atoms with E-state index in [1.54, 1.807) is 0 Å². The third-order valence-electron chi connectivity index (χ3n) is 16.0. The van der Waals surface area contributed by atoms with E-state index in [4.69, 9.17) is 14.2 Å². The highest BCUT2D eigenvalue weighted by molar-refractivity contribution is 5.71. The molecule has 0 heterocycles. The Hall–Kier alpha value is -2.89. The molecule has 0 aliphatic rings. The van der Waals surface area contributed by atoms with Gasteiger partial charge in [0.1, 0.15) is 13.2 Å². The predicted octanol–water partition coefficient (Wildman–Crippen LogP) is 24.7. The second-order valence-corrected chi connectivity index (χ2v) is 24.1. The fourth-order valence-electron chi connectivity index (χ4n) is 10.6. The Kier molecular flexibility index (Phi) is 67.1. The standard InChI is InChI=1S/C75H136O6/c1-4-7-10-13-16-19-22-25-27-29-30-31-32-33-34-35-36-37-38-39-40-41-42-43-44-45-46-47-49-50-53-56-59-62-65-68-74(77)80-71-72(70-79-73(76)67-64-61-58-55-52-24-21-18-15-12-9-6-3)81-75(78)69-66-63-60-57-54-51-48-28-26-23-20-17-14-11-8-5-2/h18,20-23,25,28-30,48,72H,4-17,19,24,26-27,31-47,49-71H2,1-3H3/b21-18-,23-20-,25-22-,30-29-,48-28-. The number of hydrogen-bond donors (Lipinski definition) is 0. The molecule has 0 radical (unpaired) electrons. The molecule has 0 bridgehead atoms. The van der Waals surface area contributed by atoms with Gasteiger partial charge in [0, 0.05) is 19.3 Å². The van der Waals surface area contributed by atoms with Gasteiger partial charge in [-0.1, -0.05) is 313 Å². The number of carbonyl (C=O) groups excluding carboxylic acids is 3. The molecule has 472 valence electrons. The van der Waals surface area contributed by atoms with Crippen LogP contribution in [0.4, 0.5) is 0 Å². The summed E-state index contributed by atoms with van der Waals surface area (Å²) in [6.07, 6.45) is 89.9. The Morgan fingerprint density at radius 1 is 0.247 bits per heavy atom. The van der Waals surface area contributed by atoms with Crippen molar-refractivity contribution in [1.29, 1.82) is 0 Å². The average Bonchev–Trinajstić information content (AvgIpc) is 3.47. The van der Waals surface area contributed by atoms with E-state index < -0.39 is 6.10 Å². The van der Waals surface area contributed by atoms with E-state index in [9.17, 15) is 14.4 Å². The lowest BCUT2D eigenvalue weighted by Gasteiger charge is -2.18.